The van der Waals surface area contributed by atoms with Gasteiger partial charge in [-0.3, -0.25) is 9.78 Å². The molecule has 0 aliphatic carbocycles. The first-order chi connectivity index (χ1) is 7.97. The van der Waals surface area contributed by atoms with E-state index >= 15 is 0 Å². The molecule has 3 N–H and O–H groups in total. The molecule has 0 bridgehead atoms. The number of rotatable bonds is 6. The van der Waals surface area contributed by atoms with Crippen LogP contribution in [0.15, 0.2) is 24.4 Å². The predicted octanol–water partition coefficient (Wildman–Crippen LogP) is -0.581. The normalized spacial score (nSPS) is 11.1. The van der Waals surface area contributed by atoms with Crippen molar-refractivity contribution < 1.29 is 13.2 Å². The molecule has 94 valence electrons. The van der Waals surface area contributed by atoms with E-state index in [0.717, 1.165) is 0 Å². The summed E-state index contributed by atoms with van der Waals surface area (Å²) in [7, 11) is -3.44. The fourth-order valence-electron chi connectivity index (χ4n) is 1.23. The van der Waals surface area contributed by atoms with Crippen LogP contribution in [0.5, 0.6) is 0 Å². The van der Waals surface area contributed by atoms with Crippen LogP contribution in [-0.4, -0.2) is 31.6 Å². The fourth-order valence-corrected chi connectivity index (χ4v) is 1.78. The molecule has 0 aromatic carbocycles. The van der Waals surface area contributed by atoms with Gasteiger partial charge in [0.15, 0.2) is 0 Å². The van der Waals surface area contributed by atoms with Gasteiger partial charge in [-0.2, -0.15) is 0 Å². The van der Waals surface area contributed by atoms with Crippen LogP contribution < -0.4 is 10.5 Å². The summed E-state index contributed by atoms with van der Waals surface area (Å²) in [5.41, 5.74) is 0.677. The molecule has 0 spiro atoms. The average Bonchev–Trinajstić information content (AvgIpc) is 2.25. The first-order valence-corrected chi connectivity index (χ1v) is 6.86. The van der Waals surface area contributed by atoms with Crippen molar-refractivity contribution in [3.05, 3.63) is 30.1 Å². The van der Waals surface area contributed by atoms with Crippen molar-refractivity contribution in [2.45, 2.75) is 12.8 Å². The molecule has 1 heterocycles. The van der Waals surface area contributed by atoms with Gasteiger partial charge < -0.3 is 5.32 Å². The molecule has 0 aliphatic heterocycles. The van der Waals surface area contributed by atoms with Crippen molar-refractivity contribution in [2.75, 3.05) is 12.3 Å². The van der Waals surface area contributed by atoms with Crippen LogP contribution in [0.4, 0.5) is 0 Å². The van der Waals surface area contributed by atoms with E-state index in [2.05, 4.69) is 10.3 Å². The zero-order valence-electron chi connectivity index (χ0n) is 9.30. The van der Waals surface area contributed by atoms with Crippen LogP contribution in [0.25, 0.3) is 0 Å². The average molecular weight is 257 g/mol. The maximum atomic E-state index is 11.4. The van der Waals surface area contributed by atoms with Crippen molar-refractivity contribution >= 4 is 15.9 Å². The third kappa shape index (κ3) is 6.64. The van der Waals surface area contributed by atoms with E-state index in [0.29, 0.717) is 18.7 Å². The second-order valence-corrected chi connectivity index (χ2v) is 5.30. The minimum absolute atomic E-state index is 0.128. The van der Waals surface area contributed by atoms with E-state index in [1.165, 1.54) is 0 Å². The molecule has 1 aromatic heterocycles. The fraction of sp³-hybridized carbons (Fsp3) is 0.400. The third-order valence-electron chi connectivity index (χ3n) is 2.00. The number of aromatic nitrogens is 1. The minimum atomic E-state index is -3.44. The van der Waals surface area contributed by atoms with Gasteiger partial charge in [-0.05, 0) is 18.6 Å². The Morgan fingerprint density at radius 3 is 2.76 bits per heavy atom. The molecule has 1 amide bonds. The number of nitrogens with two attached hydrogens (primary N) is 1. The number of hydrogen-bond acceptors (Lipinski definition) is 4. The standard InChI is InChI=1S/C10H15N3O3S/c11-17(15,16)7-3-6-13-10(14)8-9-4-1-2-5-12-9/h1-2,4-5H,3,6-8H2,(H,13,14)(H2,11,15,16). The van der Waals surface area contributed by atoms with Crippen molar-refractivity contribution in [1.29, 1.82) is 0 Å². The lowest BCUT2D eigenvalue weighted by molar-refractivity contribution is -0.120. The van der Waals surface area contributed by atoms with E-state index in [4.69, 9.17) is 5.14 Å². The molecule has 17 heavy (non-hydrogen) atoms. The summed E-state index contributed by atoms with van der Waals surface area (Å²) in [4.78, 5) is 15.4. The summed E-state index contributed by atoms with van der Waals surface area (Å²) in [5.74, 6) is -0.310. The maximum Gasteiger partial charge on any atom is 0.226 e. The highest BCUT2D eigenvalue weighted by molar-refractivity contribution is 7.89. The summed E-state index contributed by atoms with van der Waals surface area (Å²) < 4.78 is 21.2. The molecule has 1 aromatic rings. The smallest absolute Gasteiger partial charge is 0.226 e. The van der Waals surface area contributed by atoms with Gasteiger partial charge in [0.25, 0.3) is 0 Å². The van der Waals surface area contributed by atoms with Crippen molar-refractivity contribution in [3.63, 3.8) is 0 Å². The molecule has 0 fully saturated rings. The predicted molar refractivity (Wildman–Crippen MR) is 63.5 cm³/mol. The van der Waals surface area contributed by atoms with E-state index in [-0.39, 0.29) is 18.1 Å². The Morgan fingerprint density at radius 1 is 1.41 bits per heavy atom. The highest BCUT2D eigenvalue weighted by Gasteiger charge is 2.05. The van der Waals surface area contributed by atoms with Crippen LogP contribution in [0.1, 0.15) is 12.1 Å². The molecular weight excluding hydrogens is 242 g/mol. The summed E-state index contributed by atoms with van der Waals surface area (Å²) in [6.45, 7) is 0.294. The summed E-state index contributed by atoms with van der Waals surface area (Å²) >= 11 is 0. The van der Waals surface area contributed by atoms with Crippen molar-refractivity contribution in [2.24, 2.45) is 5.14 Å². The molecule has 0 unspecified atom stereocenters. The van der Waals surface area contributed by atoms with Gasteiger partial charge in [0.1, 0.15) is 0 Å². The molecular formula is C10H15N3O3S. The zero-order chi connectivity index (χ0) is 12.7. The van der Waals surface area contributed by atoms with Gasteiger partial charge in [-0.1, -0.05) is 6.07 Å². The van der Waals surface area contributed by atoms with Crippen molar-refractivity contribution in [3.8, 4) is 0 Å². The van der Waals surface area contributed by atoms with Gasteiger partial charge in [-0.25, -0.2) is 13.6 Å². The third-order valence-corrected chi connectivity index (χ3v) is 2.85. The second-order valence-electron chi connectivity index (χ2n) is 3.57. The van der Waals surface area contributed by atoms with Gasteiger partial charge in [0.05, 0.1) is 12.2 Å². The van der Waals surface area contributed by atoms with E-state index in [1.54, 1.807) is 24.4 Å². The molecule has 1 rings (SSSR count). The van der Waals surface area contributed by atoms with Gasteiger partial charge in [0, 0.05) is 18.4 Å². The lowest BCUT2D eigenvalue weighted by atomic mass is 10.2. The maximum absolute atomic E-state index is 11.4. The molecule has 7 heteroatoms. The second kappa shape index (κ2) is 6.31. The van der Waals surface area contributed by atoms with Crippen molar-refractivity contribution in [1.82, 2.24) is 10.3 Å². The van der Waals surface area contributed by atoms with E-state index in [1.807, 2.05) is 0 Å². The Labute approximate surface area is 100 Å². The van der Waals surface area contributed by atoms with E-state index in [9.17, 15) is 13.2 Å². The molecule has 0 saturated heterocycles. The minimum Gasteiger partial charge on any atom is -0.356 e. The monoisotopic (exact) mass is 257 g/mol. The first-order valence-electron chi connectivity index (χ1n) is 5.14. The molecule has 0 atom stereocenters. The van der Waals surface area contributed by atoms with E-state index < -0.39 is 10.0 Å². The number of pyridine rings is 1. The Balaban J connectivity index is 2.23. The zero-order valence-corrected chi connectivity index (χ0v) is 10.1. The van der Waals surface area contributed by atoms with Gasteiger partial charge >= 0.3 is 0 Å². The number of nitrogens with zero attached hydrogens (tertiary/aromatic N) is 1. The summed E-state index contributed by atoms with van der Waals surface area (Å²) in [5, 5.41) is 7.43. The molecule has 0 saturated carbocycles. The Kier molecular flexibility index (Phi) is 5.05. The number of primary sulfonamides is 1. The number of hydrogen-bond donors (Lipinski definition) is 2. The highest BCUT2D eigenvalue weighted by atomic mass is 32.2. The Hall–Kier alpha value is -1.47. The van der Waals surface area contributed by atoms with Crippen LogP contribution in [0, 0.1) is 0 Å². The molecule has 0 radical (unpaired) electrons. The van der Waals surface area contributed by atoms with Gasteiger partial charge in [-0.15, -0.1) is 0 Å². The Bertz CT molecular complexity index is 459. The van der Waals surface area contributed by atoms with Crippen LogP contribution in [0.3, 0.4) is 0 Å². The van der Waals surface area contributed by atoms with Crippen LogP contribution >= 0.6 is 0 Å². The number of carbonyl (C=O) groups excluding carboxylic acids is 1. The quantitative estimate of drug-likeness (QED) is 0.665. The molecule has 0 aliphatic rings. The number of amides is 1. The number of carbonyl (C=O) groups is 1. The van der Waals surface area contributed by atoms with Crippen LogP contribution in [0.2, 0.25) is 0 Å². The SMILES string of the molecule is NS(=O)(=O)CCCNC(=O)Cc1ccccn1. The first kappa shape index (κ1) is 13.6. The lowest BCUT2D eigenvalue weighted by Gasteiger charge is -2.04. The summed E-state index contributed by atoms with van der Waals surface area (Å²) in [6, 6.07) is 5.33. The Morgan fingerprint density at radius 2 is 2.18 bits per heavy atom. The highest BCUT2D eigenvalue weighted by Crippen LogP contribution is 1.94. The number of nitrogens with one attached hydrogen (secondary N) is 1. The topological polar surface area (TPSA) is 102 Å². The largest absolute Gasteiger partial charge is 0.356 e. The van der Waals surface area contributed by atoms with Crippen LogP contribution in [-0.2, 0) is 21.2 Å². The molecule has 6 nitrogen and oxygen atoms in total. The lowest BCUT2D eigenvalue weighted by Crippen LogP contribution is -2.28. The number of sulfonamides is 1. The summed E-state index contributed by atoms with van der Waals surface area (Å²) in [6.07, 6.45) is 2.12. The van der Waals surface area contributed by atoms with Gasteiger partial charge in [0.2, 0.25) is 15.9 Å².